The molecule has 0 radical (unpaired) electrons. The molecule has 1 N–H and O–H groups in total. The van der Waals surface area contributed by atoms with E-state index in [1.165, 1.54) is 0 Å². The monoisotopic (exact) mass is 391 g/mol. The van der Waals surface area contributed by atoms with E-state index in [2.05, 4.69) is 5.32 Å². The molecule has 0 unspecified atom stereocenters. The van der Waals surface area contributed by atoms with Crippen LogP contribution in [0.5, 0.6) is 0 Å². The number of carbonyl (C=O) groups is 2. The predicted octanol–water partition coefficient (Wildman–Crippen LogP) is 4.60. The number of amides is 1. The van der Waals surface area contributed by atoms with Gasteiger partial charge in [0.25, 0.3) is 5.91 Å². The summed E-state index contributed by atoms with van der Waals surface area (Å²) in [5.41, 5.74) is -2.06. The molecule has 0 atom stereocenters. The quantitative estimate of drug-likeness (QED) is 0.746. The summed E-state index contributed by atoms with van der Waals surface area (Å²) in [5.74, 6) is -1.12. The van der Waals surface area contributed by atoms with Gasteiger partial charge in [-0.1, -0.05) is 30.9 Å². The molecule has 0 saturated heterocycles. The van der Waals surface area contributed by atoms with Crippen LogP contribution in [0.3, 0.4) is 0 Å². The van der Waals surface area contributed by atoms with Crippen molar-refractivity contribution in [2.45, 2.75) is 45.2 Å². The Bertz CT molecular complexity index is 670. The van der Waals surface area contributed by atoms with E-state index in [0.717, 1.165) is 37.5 Å². The maximum atomic E-state index is 12.9. The summed E-state index contributed by atoms with van der Waals surface area (Å²) in [6.07, 6.45) is -0.771. The van der Waals surface area contributed by atoms with Gasteiger partial charge in [-0.2, -0.15) is 13.2 Å². The van der Waals surface area contributed by atoms with Gasteiger partial charge in [-0.25, -0.2) is 0 Å². The van der Waals surface area contributed by atoms with Gasteiger partial charge in [0.1, 0.15) is 0 Å². The van der Waals surface area contributed by atoms with Gasteiger partial charge in [0, 0.05) is 6.54 Å². The van der Waals surface area contributed by atoms with E-state index in [1.807, 2.05) is 0 Å². The standard InChI is InChI=1S/C18H21ClF3NO3/c1-2-26-16(25)17(8-4-3-5-9-17)11-23-15(24)13-10-12(18(20,21)22)6-7-14(13)19/h6-7,10H,2-5,8-9,11H2,1H3,(H,23,24). The molecule has 26 heavy (non-hydrogen) atoms. The van der Waals surface area contributed by atoms with E-state index in [1.54, 1.807) is 6.92 Å². The van der Waals surface area contributed by atoms with Gasteiger partial charge in [-0.05, 0) is 38.0 Å². The summed E-state index contributed by atoms with van der Waals surface area (Å²) in [6.45, 7) is 1.95. The largest absolute Gasteiger partial charge is 0.466 e. The van der Waals surface area contributed by atoms with E-state index in [-0.39, 0.29) is 29.7 Å². The molecule has 1 aromatic carbocycles. The molecule has 1 aliphatic carbocycles. The average molecular weight is 392 g/mol. The number of alkyl halides is 3. The summed E-state index contributed by atoms with van der Waals surface area (Å²) in [6, 6.07) is 2.58. The number of halogens is 4. The minimum Gasteiger partial charge on any atom is -0.466 e. The van der Waals surface area contributed by atoms with E-state index in [9.17, 15) is 22.8 Å². The molecule has 1 saturated carbocycles. The highest BCUT2D eigenvalue weighted by atomic mass is 35.5. The van der Waals surface area contributed by atoms with Crippen LogP contribution in [0.25, 0.3) is 0 Å². The fourth-order valence-corrected chi connectivity index (χ4v) is 3.39. The first-order chi connectivity index (χ1) is 12.2. The first-order valence-electron chi connectivity index (χ1n) is 8.52. The fourth-order valence-electron chi connectivity index (χ4n) is 3.19. The van der Waals surface area contributed by atoms with Gasteiger partial charge in [-0.15, -0.1) is 0 Å². The molecule has 1 aromatic rings. The van der Waals surface area contributed by atoms with Gasteiger partial charge in [-0.3, -0.25) is 9.59 Å². The van der Waals surface area contributed by atoms with Crippen LogP contribution >= 0.6 is 11.6 Å². The molecule has 1 amide bonds. The Labute approximate surface area is 155 Å². The number of rotatable bonds is 5. The third-order valence-corrected chi connectivity index (χ3v) is 4.97. The topological polar surface area (TPSA) is 55.4 Å². The number of benzene rings is 1. The molecule has 4 nitrogen and oxygen atoms in total. The minimum absolute atomic E-state index is 0.0112. The second kappa shape index (κ2) is 8.29. The Morgan fingerprint density at radius 3 is 2.46 bits per heavy atom. The molecule has 144 valence electrons. The number of esters is 1. The lowest BCUT2D eigenvalue weighted by atomic mass is 9.74. The zero-order chi connectivity index (χ0) is 19.4. The molecule has 0 aliphatic heterocycles. The summed E-state index contributed by atoms with van der Waals surface area (Å²) in [4.78, 5) is 24.8. The Kier molecular flexibility index (Phi) is 6.55. The van der Waals surface area contributed by atoms with Crippen LogP contribution in [0.4, 0.5) is 13.2 Å². The lowest BCUT2D eigenvalue weighted by molar-refractivity contribution is -0.157. The normalized spacial score (nSPS) is 16.8. The number of hydrogen-bond acceptors (Lipinski definition) is 3. The molecular weight excluding hydrogens is 371 g/mol. The molecule has 0 heterocycles. The fraction of sp³-hybridized carbons (Fsp3) is 0.556. The predicted molar refractivity (Wildman–Crippen MR) is 90.9 cm³/mol. The summed E-state index contributed by atoms with van der Waals surface area (Å²) < 4.78 is 43.7. The van der Waals surface area contributed by atoms with Crippen molar-refractivity contribution >= 4 is 23.5 Å². The van der Waals surface area contributed by atoms with E-state index < -0.39 is 23.1 Å². The Morgan fingerprint density at radius 2 is 1.88 bits per heavy atom. The van der Waals surface area contributed by atoms with Crippen molar-refractivity contribution in [3.63, 3.8) is 0 Å². The third-order valence-electron chi connectivity index (χ3n) is 4.64. The van der Waals surface area contributed by atoms with E-state index >= 15 is 0 Å². The van der Waals surface area contributed by atoms with Gasteiger partial charge in [0.2, 0.25) is 0 Å². The maximum Gasteiger partial charge on any atom is 0.416 e. The Hall–Kier alpha value is -1.76. The Morgan fingerprint density at radius 1 is 1.23 bits per heavy atom. The van der Waals surface area contributed by atoms with Crippen molar-refractivity contribution in [3.05, 3.63) is 34.3 Å². The molecule has 0 bridgehead atoms. The third kappa shape index (κ3) is 4.69. The van der Waals surface area contributed by atoms with Crippen molar-refractivity contribution in [3.8, 4) is 0 Å². The van der Waals surface area contributed by atoms with Crippen molar-refractivity contribution in [1.82, 2.24) is 5.32 Å². The number of nitrogens with one attached hydrogen (secondary N) is 1. The smallest absolute Gasteiger partial charge is 0.416 e. The maximum absolute atomic E-state index is 12.9. The number of ether oxygens (including phenoxy) is 1. The van der Waals surface area contributed by atoms with Gasteiger partial charge in [0.15, 0.2) is 0 Å². The summed E-state index contributed by atoms with van der Waals surface area (Å²) in [7, 11) is 0. The first-order valence-corrected chi connectivity index (χ1v) is 8.89. The van der Waals surface area contributed by atoms with Crippen LogP contribution in [-0.2, 0) is 15.7 Å². The highest BCUT2D eigenvalue weighted by molar-refractivity contribution is 6.33. The number of carbonyl (C=O) groups excluding carboxylic acids is 2. The average Bonchev–Trinajstić information content (AvgIpc) is 2.60. The highest BCUT2D eigenvalue weighted by Gasteiger charge is 2.41. The zero-order valence-corrected chi connectivity index (χ0v) is 15.2. The van der Waals surface area contributed by atoms with Crippen molar-refractivity contribution in [2.24, 2.45) is 5.41 Å². The first kappa shape index (κ1) is 20.6. The van der Waals surface area contributed by atoms with Crippen LogP contribution in [0.2, 0.25) is 5.02 Å². The van der Waals surface area contributed by atoms with Crippen molar-refractivity contribution < 1.29 is 27.5 Å². The molecule has 0 aromatic heterocycles. The zero-order valence-electron chi connectivity index (χ0n) is 14.4. The molecule has 1 fully saturated rings. The van der Waals surface area contributed by atoms with E-state index in [0.29, 0.717) is 12.8 Å². The number of hydrogen-bond donors (Lipinski definition) is 1. The van der Waals surface area contributed by atoms with Crippen LogP contribution in [0.15, 0.2) is 18.2 Å². The van der Waals surface area contributed by atoms with Gasteiger partial charge >= 0.3 is 12.1 Å². The van der Waals surface area contributed by atoms with Crippen LogP contribution in [0, 0.1) is 5.41 Å². The van der Waals surface area contributed by atoms with Crippen molar-refractivity contribution in [1.29, 1.82) is 0 Å². The van der Waals surface area contributed by atoms with E-state index in [4.69, 9.17) is 16.3 Å². The summed E-state index contributed by atoms with van der Waals surface area (Å²) >= 11 is 5.89. The lowest BCUT2D eigenvalue weighted by Crippen LogP contribution is -2.45. The minimum atomic E-state index is -4.57. The Balaban J connectivity index is 2.17. The second-order valence-corrected chi connectivity index (χ2v) is 6.84. The molecule has 8 heteroatoms. The van der Waals surface area contributed by atoms with Crippen LogP contribution in [0.1, 0.15) is 54.9 Å². The molecular formula is C18H21ClF3NO3. The molecule has 2 rings (SSSR count). The second-order valence-electron chi connectivity index (χ2n) is 6.44. The summed E-state index contributed by atoms with van der Waals surface area (Å²) in [5, 5.41) is 2.50. The highest BCUT2D eigenvalue weighted by Crippen LogP contribution is 2.37. The SMILES string of the molecule is CCOC(=O)C1(CNC(=O)c2cc(C(F)(F)F)ccc2Cl)CCCCC1. The van der Waals surface area contributed by atoms with Gasteiger partial charge in [0.05, 0.1) is 28.2 Å². The van der Waals surface area contributed by atoms with Crippen LogP contribution in [-0.4, -0.2) is 25.0 Å². The van der Waals surface area contributed by atoms with Gasteiger partial charge < -0.3 is 10.1 Å². The lowest BCUT2D eigenvalue weighted by Gasteiger charge is -2.34. The molecule has 1 aliphatic rings. The van der Waals surface area contributed by atoms with Crippen molar-refractivity contribution in [2.75, 3.05) is 13.2 Å². The molecule has 0 spiro atoms. The van der Waals surface area contributed by atoms with Crippen LogP contribution < -0.4 is 5.32 Å².